The highest BCUT2D eigenvalue weighted by atomic mass is 16.6. The molecule has 7 heteroatoms. The van der Waals surface area contributed by atoms with Crippen LogP contribution in [0.4, 0.5) is 11.6 Å². The lowest BCUT2D eigenvalue weighted by molar-refractivity contribution is -0.388. The van der Waals surface area contributed by atoms with Gasteiger partial charge in [-0.05, 0) is 21.7 Å². The van der Waals surface area contributed by atoms with Crippen LogP contribution >= 0.6 is 0 Å². The zero-order valence-corrected chi connectivity index (χ0v) is 9.67. The Balaban J connectivity index is 1.90. The minimum absolute atomic E-state index is 0.0274. The number of hydrogen-bond donors (Lipinski definition) is 1. The van der Waals surface area contributed by atoms with Gasteiger partial charge in [0.1, 0.15) is 0 Å². The number of imidazole rings is 1. The van der Waals surface area contributed by atoms with E-state index in [1.807, 2.05) is 7.05 Å². The molecule has 3 heterocycles. The number of nitro groups is 1. The molecule has 0 aliphatic carbocycles. The highest BCUT2D eigenvalue weighted by Crippen LogP contribution is 2.34. The molecule has 0 bridgehead atoms. The molecule has 0 amide bonds. The zero-order valence-electron chi connectivity index (χ0n) is 9.67. The van der Waals surface area contributed by atoms with E-state index < -0.39 is 4.92 Å². The van der Waals surface area contributed by atoms with E-state index in [0.717, 1.165) is 26.2 Å². The van der Waals surface area contributed by atoms with Crippen molar-refractivity contribution in [1.82, 2.24) is 14.9 Å². The molecule has 2 fully saturated rings. The number of rotatable bonds is 2. The molecule has 17 heavy (non-hydrogen) atoms. The number of nitrogens with zero attached hydrogens (tertiary/aromatic N) is 4. The number of anilines is 1. The molecule has 1 aromatic heterocycles. The molecule has 0 saturated carbocycles. The van der Waals surface area contributed by atoms with Crippen LogP contribution < -0.4 is 10.2 Å². The van der Waals surface area contributed by atoms with Gasteiger partial charge in [0.05, 0.1) is 0 Å². The molecule has 0 radical (unpaired) electrons. The Morgan fingerprint density at radius 3 is 2.71 bits per heavy atom. The van der Waals surface area contributed by atoms with Crippen molar-refractivity contribution in [2.24, 2.45) is 18.9 Å². The first-order chi connectivity index (χ1) is 8.16. The van der Waals surface area contributed by atoms with E-state index in [1.54, 1.807) is 4.57 Å². The first-order valence-electron chi connectivity index (χ1n) is 5.78. The SMILES string of the molecule is Cn1cnc([N+](=O)[O-])c1N1C[C@H]2CNC[C@H]2C1. The number of aromatic nitrogens is 2. The highest BCUT2D eigenvalue weighted by Gasteiger charge is 2.39. The third-order valence-electron chi connectivity index (χ3n) is 3.75. The standard InChI is InChI=1S/C10H15N5O2/c1-13-6-12-9(15(16)17)10(13)14-4-7-2-11-3-8(7)5-14/h6-8,11H,2-5H2,1H3/t7-,8+. The van der Waals surface area contributed by atoms with Gasteiger partial charge < -0.3 is 20.3 Å². The Hall–Kier alpha value is -1.63. The molecular weight excluding hydrogens is 222 g/mol. The van der Waals surface area contributed by atoms with Crippen LogP contribution in [-0.4, -0.2) is 40.7 Å². The van der Waals surface area contributed by atoms with Crippen molar-refractivity contribution in [1.29, 1.82) is 0 Å². The van der Waals surface area contributed by atoms with Crippen LogP contribution in [0.2, 0.25) is 0 Å². The Labute approximate surface area is 98.6 Å². The van der Waals surface area contributed by atoms with Crippen molar-refractivity contribution < 1.29 is 4.92 Å². The second-order valence-electron chi connectivity index (χ2n) is 4.84. The normalized spacial score (nSPS) is 27.5. The third kappa shape index (κ3) is 1.57. The van der Waals surface area contributed by atoms with E-state index in [4.69, 9.17) is 0 Å². The van der Waals surface area contributed by atoms with E-state index in [-0.39, 0.29) is 5.82 Å². The summed E-state index contributed by atoms with van der Waals surface area (Å²) in [6.45, 7) is 3.82. The van der Waals surface area contributed by atoms with Gasteiger partial charge in [0.2, 0.25) is 12.1 Å². The molecule has 7 nitrogen and oxygen atoms in total. The Morgan fingerprint density at radius 1 is 1.47 bits per heavy atom. The van der Waals surface area contributed by atoms with Crippen LogP contribution in [-0.2, 0) is 7.05 Å². The summed E-state index contributed by atoms with van der Waals surface area (Å²) in [4.78, 5) is 16.5. The summed E-state index contributed by atoms with van der Waals surface area (Å²) in [5.41, 5.74) is 0. The molecular formula is C10H15N5O2. The smallest absolute Gasteiger partial charge is 0.358 e. The minimum atomic E-state index is -0.401. The maximum Gasteiger partial charge on any atom is 0.406 e. The lowest BCUT2D eigenvalue weighted by Gasteiger charge is -2.18. The van der Waals surface area contributed by atoms with E-state index in [9.17, 15) is 10.1 Å². The quantitative estimate of drug-likeness (QED) is 0.578. The number of nitrogens with one attached hydrogen (secondary N) is 1. The summed E-state index contributed by atoms with van der Waals surface area (Å²) >= 11 is 0. The molecule has 92 valence electrons. The van der Waals surface area contributed by atoms with Crippen LogP contribution in [0.3, 0.4) is 0 Å². The molecule has 0 aromatic carbocycles. The average molecular weight is 237 g/mol. The fourth-order valence-corrected chi connectivity index (χ4v) is 2.93. The fraction of sp³-hybridized carbons (Fsp3) is 0.700. The van der Waals surface area contributed by atoms with Gasteiger partial charge in [0.15, 0.2) is 0 Å². The van der Waals surface area contributed by atoms with Gasteiger partial charge >= 0.3 is 5.82 Å². The van der Waals surface area contributed by atoms with Crippen LogP contribution in [0, 0.1) is 22.0 Å². The van der Waals surface area contributed by atoms with Gasteiger partial charge in [0, 0.05) is 33.2 Å². The molecule has 0 unspecified atom stereocenters. The van der Waals surface area contributed by atoms with Gasteiger partial charge in [-0.25, -0.2) is 0 Å². The summed E-state index contributed by atoms with van der Waals surface area (Å²) in [6, 6.07) is 0. The second-order valence-corrected chi connectivity index (χ2v) is 4.84. The van der Waals surface area contributed by atoms with Crippen molar-refractivity contribution >= 4 is 11.6 Å². The lowest BCUT2D eigenvalue weighted by atomic mass is 10.0. The highest BCUT2D eigenvalue weighted by molar-refractivity contribution is 5.55. The first-order valence-corrected chi connectivity index (χ1v) is 5.78. The van der Waals surface area contributed by atoms with Gasteiger partial charge in [0.25, 0.3) is 0 Å². The average Bonchev–Trinajstić information content (AvgIpc) is 2.88. The molecule has 0 spiro atoms. The number of aryl methyl sites for hydroxylation is 1. The predicted molar refractivity (Wildman–Crippen MR) is 61.9 cm³/mol. The van der Waals surface area contributed by atoms with Crippen LogP contribution in [0.25, 0.3) is 0 Å². The van der Waals surface area contributed by atoms with Gasteiger partial charge in [-0.3, -0.25) is 4.57 Å². The molecule has 3 rings (SSSR count). The second kappa shape index (κ2) is 3.69. The number of hydrogen-bond acceptors (Lipinski definition) is 5. The molecule has 1 aromatic rings. The van der Waals surface area contributed by atoms with Crippen LogP contribution in [0.1, 0.15) is 0 Å². The third-order valence-corrected chi connectivity index (χ3v) is 3.75. The van der Waals surface area contributed by atoms with Crippen LogP contribution in [0.15, 0.2) is 6.33 Å². The number of fused-ring (bicyclic) bond motifs is 1. The van der Waals surface area contributed by atoms with Gasteiger partial charge in [-0.2, -0.15) is 0 Å². The predicted octanol–water partition coefficient (Wildman–Crippen LogP) is -0.0161. The van der Waals surface area contributed by atoms with E-state index >= 15 is 0 Å². The zero-order chi connectivity index (χ0) is 12.0. The van der Waals surface area contributed by atoms with Crippen LogP contribution in [0.5, 0.6) is 0 Å². The van der Waals surface area contributed by atoms with Crippen molar-refractivity contribution in [2.75, 3.05) is 31.1 Å². The van der Waals surface area contributed by atoms with E-state index in [1.165, 1.54) is 6.33 Å². The first kappa shape index (κ1) is 10.5. The topological polar surface area (TPSA) is 76.2 Å². The fourth-order valence-electron chi connectivity index (χ4n) is 2.93. The lowest BCUT2D eigenvalue weighted by Crippen LogP contribution is -2.27. The summed E-state index contributed by atoms with van der Waals surface area (Å²) in [5.74, 6) is 1.85. The Morgan fingerprint density at radius 2 is 2.12 bits per heavy atom. The van der Waals surface area contributed by atoms with E-state index in [0.29, 0.717) is 17.7 Å². The summed E-state index contributed by atoms with van der Waals surface area (Å²) in [7, 11) is 1.81. The van der Waals surface area contributed by atoms with E-state index in [2.05, 4.69) is 15.2 Å². The Bertz CT molecular complexity index is 446. The summed E-state index contributed by atoms with van der Waals surface area (Å²) in [5, 5.41) is 14.3. The molecule has 2 atom stereocenters. The van der Waals surface area contributed by atoms with Crippen molar-refractivity contribution in [3.63, 3.8) is 0 Å². The largest absolute Gasteiger partial charge is 0.406 e. The molecule has 1 N–H and O–H groups in total. The van der Waals surface area contributed by atoms with Gasteiger partial charge in [-0.15, -0.1) is 0 Å². The monoisotopic (exact) mass is 237 g/mol. The maximum atomic E-state index is 10.9. The maximum absolute atomic E-state index is 10.9. The summed E-state index contributed by atoms with van der Waals surface area (Å²) < 4.78 is 1.74. The summed E-state index contributed by atoms with van der Waals surface area (Å²) in [6.07, 6.45) is 1.51. The van der Waals surface area contributed by atoms with Crippen molar-refractivity contribution in [3.8, 4) is 0 Å². The van der Waals surface area contributed by atoms with Gasteiger partial charge in [-0.1, -0.05) is 0 Å². The van der Waals surface area contributed by atoms with Crippen molar-refractivity contribution in [3.05, 3.63) is 16.4 Å². The molecule has 2 aliphatic heterocycles. The minimum Gasteiger partial charge on any atom is -0.358 e. The molecule has 2 aliphatic rings. The molecule has 2 saturated heterocycles. The van der Waals surface area contributed by atoms with Crippen molar-refractivity contribution in [2.45, 2.75) is 0 Å². The Kier molecular flexibility index (Phi) is 2.29.